The molecule has 92 valence electrons. The van der Waals surface area contributed by atoms with Crippen molar-refractivity contribution in [2.45, 2.75) is 19.4 Å². The molecule has 0 radical (unpaired) electrons. The van der Waals surface area contributed by atoms with Gasteiger partial charge in [0.15, 0.2) is 6.61 Å². The minimum absolute atomic E-state index is 0.0150. The lowest BCUT2D eigenvalue weighted by Crippen LogP contribution is -2.35. The van der Waals surface area contributed by atoms with Crippen molar-refractivity contribution in [1.29, 1.82) is 0 Å². The summed E-state index contributed by atoms with van der Waals surface area (Å²) >= 11 is 0. The van der Waals surface area contributed by atoms with E-state index in [2.05, 4.69) is 0 Å². The number of nitrogens with zero attached hydrogens (tertiary/aromatic N) is 1. The van der Waals surface area contributed by atoms with Crippen molar-refractivity contribution >= 4 is 5.91 Å². The van der Waals surface area contributed by atoms with Gasteiger partial charge in [-0.3, -0.25) is 4.79 Å². The fourth-order valence-electron chi connectivity index (χ4n) is 1.96. The van der Waals surface area contributed by atoms with Gasteiger partial charge in [0.2, 0.25) is 0 Å². The topological polar surface area (TPSA) is 55.6 Å². The molecule has 1 amide bonds. The van der Waals surface area contributed by atoms with Crippen molar-refractivity contribution in [2.24, 2.45) is 5.73 Å². The van der Waals surface area contributed by atoms with Crippen LogP contribution in [0.15, 0.2) is 24.3 Å². The number of rotatable bonds is 3. The van der Waals surface area contributed by atoms with Crippen molar-refractivity contribution < 1.29 is 9.53 Å². The number of nitrogens with two attached hydrogens (primary N) is 1. The van der Waals surface area contributed by atoms with E-state index in [1.54, 1.807) is 4.90 Å². The molecule has 1 aromatic carbocycles. The van der Waals surface area contributed by atoms with E-state index in [0.717, 1.165) is 24.3 Å². The molecule has 1 aliphatic heterocycles. The van der Waals surface area contributed by atoms with Crippen LogP contribution in [0.3, 0.4) is 0 Å². The van der Waals surface area contributed by atoms with Crippen LogP contribution in [0.2, 0.25) is 0 Å². The van der Waals surface area contributed by atoms with Gasteiger partial charge < -0.3 is 15.4 Å². The highest BCUT2D eigenvalue weighted by atomic mass is 16.5. The summed E-state index contributed by atoms with van der Waals surface area (Å²) < 4.78 is 5.51. The van der Waals surface area contributed by atoms with E-state index in [1.165, 1.54) is 0 Å². The highest BCUT2D eigenvalue weighted by molar-refractivity contribution is 5.78. The van der Waals surface area contributed by atoms with Crippen LogP contribution in [0.5, 0.6) is 5.75 Å². The molecular weight excluding hydrogens is 216 g/mol. The molecule has 1 heterocycles. The summed E-state index contributed by atoms with van der Waals surface area (Å²) in [5.74, 6) is 0.783. The van der Waals surface area contributed by atoms with Crippen molar-refractivity contribution in [3.05, 3.63) is 29.8 Å². The van der Waals surface area contributed by atoms with E-state index < -0.39 is 0 Å². The number of hydrogen-bond donors (Lipinski definition) is 1. The molecule has 1 saturated heterocycles. The molecule has 2 N–H and O–H groups in total. The van der Waals surface area contributed by atoms with Crippen molar-refractivity contribution in [3.8, 4) is 5.75 Å². The summed E-state index contributed by atoms with van der Waals surface area (Å²) in [5, 5.41) is 0. The van der Waals surface area contributed by atoms with Crippen LogP contribution in [0, 0.1) is 6.92 Å². The van der Waals surface area contributed by atoms with Crippen molar-refractivity contribution in [1.82, 2.24) is 4.90 Å². The van der Waals surface area contributed by atoms with Gasteiger partial charge >= 0.3 is 0 Å². The zero-order valence-corrected chi connectivity index (χ0v) is 10.1. The molecule has 0 aliphatic carbocycles. The van der Waals surface area contributed by atoms with Crippen molar-refractivity contribution in [2.75, 3.05) is 19.7 Å². The molecule has 4 heteroatoms. The highest BCUT2D eigenvalue weighted by Gasteiger charge is 2.23. The minimum atomic E-state index is 0.0150. The largest absolute Gasteiger partial charge is 0.484 e. The molecule has 0 aromatic heterocycles. The summed E-state index contributed by atoms with van der Waals surface area (Å²) in [6.45, 7) is 3.45. The normalized spacial score (nSPS) is 19.4. The average Bonchev–Trinajstić information content (AvgIpc) is 2.74. The third-order valence-electron chi connectivity index (χ3n) is 3.02. The smallest absolute Gasteiger partial charge is 0.260 e. The zero-order valence-electron chi connectivity index (χ0n) is 10.1. The Morgan fingerprint density at radius 3 is 2.94 bits per heavy atom. The number of para-hydroxylation sites is 1. The van der Waals surface area contributed by atoms with Gasteiger partial charge in [0.25, 0.3) is 5.91 Å². The molecule has 4 nitrogen and oxygen atoms in total. The third kappa shape index (κ3) is 2.97. The maximum absolute atomic E-state index is 11.8. The van der Waals surface area contributed by atoms with Gasteiger partial charge in [0.1, 0.15) is 5.75 Å². The monoisotopic (exact) mass is 234 g/mol. The predicted octanol–water partition coefficient (Wildman–Crippen LogP) is 0.933. The second kappa shape index (κ2) is 5.19. The van der Waals surface area contributed by atoms with Crippen LogP contribution in [-0.2, 0) is 4.79 Å². The molecule has 0 bridgehead atoms. The number of carbonyl (C=O) groups is 1. The van der Waals surface area contributed by atoms with Crippen LogP contribution in [0.1, 0.15) is 12.0 Å². The van der Waals surface area contributed by atoms with E-state index >= 15 is 0 Å². The second-order valence-electron chi connectivity index (χ2n) is 4.44. The van der Waals surface area contributed by atoms with Gasteiger partial charge in [0, 0.05) is 19.1 Å². The highest BCUT2D eigenvalue weighted by Crippen LogP contribution is 2.16. The van der Waals surface area contributed by atoms with Gasteiger partial charge in [-0.05, 0) is 25.0 Å². The first-order valence-electron chi connectivity index (χ1n) is 5.88. The lowest BCUT2D eigenvalue weighted by atomic mass is 10.2. The fraction of sp³-hybridized carbons (Fsp3) is 0.462. The Labute approximate surface area is 101 Å². The fourth-order valence-corrected chi connectivity index (χ4v) is 1.96. The van der Waals surface area contributed by atoms with Crippen LogP contribution in [-0.4, -0.2) is 36.5 Å². The molecule has 1 aromatic rings. The Morgan fingerprint density at radius 2 is 2.29 bits per heavy atom. The van der Waals surface area contributed by atoms with Crippen LogP contribution >= 0.6 is 0 Å². The molecule has 0 saturated carbocycles. The van der Waals surface area contributed by atoms with Crippen LogP contribution < -0.4 is 10.5 Å². The Kier molecular flexibility index (Phi) is 3.64. The summed E-state index contributed by atoms with van der Waals surface area (Å²) in [7, 11) is 0. The number of amides is 1. The molecule has 1 aliphatic rings. The van der Waals surface area contributed by atoms with E-state index in [9.17, 15) is 4.79 Å². The number of carbonyl (C=O) groups excluding carboxylic acids is 1. The lowest BCUT2D eigenvalue weighted by molar-refractivity contribution is -0.132. The van der Waals surface area contributed by atoms with Crippen LogP contribution in [0.4, 0.5) is 0 Å². The summed E-state index contributed by atoms with van der Waals surface area (Å²) in [5.41, 5.74) is 6.80. The number of benzene rings is 1. The second-order valence-corrected chi connectivity index (χ2v) is 4.44. The standard InChI is InChI=1S/C13H18N2O2/c1-10-4-2-3-5-12(10)17-9-13(16)15-7-6-11(14)8-15/h2-5,11H,6-9,14H2,1H3/t11-/m0/s1. The van der Waals surface area contributed by atoms with E-state index in [4.69, 9.17) is 10.5 Å². The summed E-state index contributed by atoms with van der Waals surface area (Å²) in [4.78, 5) is 13.6. The molecule has 1 atom stereocenters. The Morgan fingerprint density at radius 1 is 1.53 bits per heavy atom. The van der Waals surface area contributed by atoms with Gasteiger partial charge in [-0.2, -0.15) is 0 Å². The number of aryl methyl sites for hydroxylation is 1. The quantitative estimate of drug-likeness (QED) is 0.846. The number of hydrogen-bond acceptors (Lipinski definition) is 3. The molecule has 17 heavy (non-hydrogen) atoms. The Balaban J connectivity index is 1.86. The zero-order chi connectivity index (χ0) is 12.3. The first kappa shape index (κ1) is 11.9. The summed E-state index contributed by atoms with van der Waals surface area (Å²) in [6.07, 6.45) is 0.885. The lowest BCUT2D eigenvalue weighted by Gasteiger charge is -2.16. The van der Waals surface area contributed by atoms with Gasteiger partial charge in [-0.15, -0.1) is 0 Å². The van der Waals surface area contributed by atoms with E-state index in [-0.39, 0.29) is 18.6 Å². The van der Waals surface area contributed by atoms with E-state index in [1.807, 2.05) is 31.2 Å². The minimum Gasteiger partial charge on any atom is -0.484 e. The van der Waals surface area contributed by atoms with E-state index in [0.29, 0.717) is 6.54 Å². The third-order valence-corrected chi connectivity index (χ3v) is 3.02. The average molecular weight is 234 g/mol. The molecular formula is C13H18N2O2. The Hall–Kier alpha value is -1.55. The Bertz CT molecular complexity index is 406. The molecule has 0 spiro atoms. The number of likely N-dealkylation sites (tertiary alicyclic amines) is 1. The first-order chi connectivity index (χ1) is 8.16. The van der Waals surface area contributed by atoms with Gasteiger partial charge in [-0.25, -0.2) is 0 Å². The van der Waals surface area contributed by atoms with Gasteiger partial charge in [0.05, 0.1) is 0 Å². The maximum Gasteiger partial charge on any atom is 0.260 e. The maximum atomic E-state index is 11.8. The van der Waals surface area contributed by atoms with Gasteiger partial charge in [-0.1, -0.05) is 18.2 Å². The van der Waals surface area contributed by atoms with Crippen molar-refractivity contribution in [3.63, 3.8) is 0 Å². The predicted molar refractivity (Wildman–Crippen MR) is 65.8 cm³/mol. The molecule has 0 unspecified atom stereocenters. The molecule has 2 rings (SSSR count). The van der Waals surface area contributed by atoms with Crippen LogP contribution in [0.25, 0.3) is 0 Å². The first-order valence-corrected chi connectivity index (χ1v) is 5.88. The number of ether oxygens (including phenoxy) is 1. The summed E-state index contributed by atoms with van der Waals surface area (Å²) in [6, 6.07) is 7.81. The molecule has 1 fully saturated rings. The SMILES string of the molecule is Cc1ccccc1OCC(=O)N1CC[C@H](N)C1.